The van der Waals surface area contributed by atoms with E-state index in [-0.39, 0.29) is 5.82 Å². The van der Waals surface area contributed by atoms with Gasteiger partial charge in [0.1, 0.15) is 11.5 Å². The quantitative estimate of drug-likeness (QED) is 0.814. The largest absolute Gasteiger partial charge is 0.461 e. The molecule has 2 rings (SSSR count). The molecule has 0 fully saturated rings. The number of benzene rings is 1. The van der Waals surface area contributed by atoms with Crippen LogP contribution >= 0.6 is 0 Å². The van der Waals surface area contributed by atoms with E-state index in [1.807, 2.05) is 0 Å². The van der Waals surface area contributed by atoms with Crippen LogP contribution in [0.4, 0.5) is 10.1 Å². The van der Waals surface area contributed by atoms with Crippen molar-refractivity contribution in [1.82, 2.24) is 4.98 Å². The Morgan fingerprint density at radius 1 is 1.37 bits per heavy atom. The van der Waals surface area contributed by atoms with Gasteiger partial charge in [-0.05, 0) is 19.1 Å². The predicted molar refractivity (Wildman–Crippen MR) is 70.5 cm³/mol. The molecule has 0 aliphatic rings. The van der Waals surface area contributed by atoms with Crippen molar-refractivity contribution in [3.05, 3.63) is 53.6 Å². The Morgan fingerprint density at radius 3 is 2.89 bits per heavy atom. The van der Waals surface area contributed by atoms with E-state index in [2.05, 4.69) is 10.3 Å². The lowest BCUT2D eigenvalue weighted by Gasteiger charge is -2.08. The van der Waals surface area contributed by atoms with E-state index < -0.39 is 5.97 Å². The highest BCUT2D eigenvalue weighted by molar-refractivity contribution is 5.93. The molecule has 0 atom stereocenters. The number of esters is 1. The predicted octanol–water partition coefficient (Wildman–Crippen LogP) is 2.94. The van der Waals surface area contributed by atoms with Crippen LogP contribution < -0.4 is 5.32 Å². The van der Waals surface area contributed by atoms with Crippen LogP contribution in [0.15, 0.2) is 36.5 Å². The number of rotatable bonds is 5. The topological polar surface area (TPSA) is 54.1 Å². The zero-order valence-electron chi connectivity index (χ0n) is 10.6. The Hall–Kier alpha value is -2.30. The van der Waals surface area contributed by atoms with Crippen molar-refractivity contribution in [2.24, 2.45) is 0 Å². The molecule has 2 aromatic rings. The molecule has 0 saturated heterocycles. The number of H-pyrrole nitrogens is 1. The molecule has 2 N–H and O–H groups in total. The van der Waals surface area contributed by atoms with Gasteiger partial charge in [-0.25, -0.2) is 9.18 Å². The Kier molecular flexibility index (Phi) is 4.18. The number of halogens is 1. The van der Waals surface area contributed by atoms with Crippen molar-refractivity contribution < 1.29 is 13.9 Å². The molecule has 0 amide bonds. The summed E-state index contributed by atoms with van der Waals surface area (Å²) in [6, 6.07) is 8.22. The monoisotopic (exact) mass is 262 g/mol. The van der Waals surface area contributed by atoms with E-state index in [9.17, 15) is 9.18 Å². The van der Waals surface area contributed by atoms with Gasteiger partial charge in [0.15, 0.2) is 0 Å². The summed E-state index contributed by atoms with van der Waals surface area (Å²) in [5, 5.41) is 3.02. The van der Waals surface area contributed by atoms with Crippen LogP contribution in [-0.4, -0.2) is 17.6 Å². The normalized spacial score (nSPS) is 10.2. The van der Waals surface area contributed by atoms with Crippen molar-refractivity contribution >= 4 is 11.7 Å². The maximum atomic E-state index is 13.5. The van der Waals surface area contributed by atoms with Gasteiger partial charge in [-0.3, -0.25) is 0 Å². The van der Waals surface area contributed by atoms with Crippen molar-refractivity contribution in [2.45, 2.75) is 13.5 Å². The fourth-order valence-corrected chi connectivity index (χ4v) is 1.72. The molecule has 0 aliphatic carbocycles. The average Bonchev–Trinajstić information content (AvgIpc) is 2.86. The molecule has 5 heteroatoms. The van der Waals surface area contributed by atoms with Gasteiger partial charge in [0, 0.05) is 18.3 Å². The van der Waals surface area contributed by atoms with Crippen LogP contribution in [0.3, 0.4) is 0 Å². The number of nitrogens with one attached hydrogen (secondary N) is 2. The highest BCUT2D eigenvalue weighted by Crippen LogP contribution is 2.16. The van der Waals surface area contributed by atoms with Crippen molar-refractivity contribution in [3.8, 4) is 0 Å². The summed E-state index contributed by atoms with van der Waals surface area (Å²) >= 11 is 0. The Balaban J connectivity index is 2.06. The van der Waals surface area contributed by atoms with Gasteiger partial charge in [-0.15, -0.1) is 0 Å². The van der Waals surface area contributed by atoms with E-state index in [0.717, 1.165) is 0 Å². The average molecular weight is 262 g/mol. The SMILES string of the molecule is CCOC(=O)c1[nH]ccc1NCc1ccccc1F. The maximum absolute atomic E-state index is 13.5. The number of carbonyl (C=O) groups is 1. The van der Waals surface area contributed by atoms with Gasteiger partial charge < -0.3 is 15.0 Å². The number of aromatic amines is 1. The lowest BCUT2D eigenvalue weighted by atomic mass is 10.2. The number of anilines is 1. The first-order chi connectivity index (χ1) is 9.22. The molecule has 19 heavy (non-hydrogen) atoms. The minimum absolute atomic E-state index is 0.275. The molecule has 0 aliphatic heterocycles. The second kappa shape index (κ2) is 6.04. The fourth-order valence-electron chi connectivity index (χ4n) is 1.72. The zero-order valence-corrected chi connectivity index (χ0v) is 10.6. The number of hydrogen-bond donors (Lipinski definition) is 2. The van der Waals surface area contributed by atoms with Crippen molar-refractivity contribution in [2.75, 3.05) is 11.9 Å². The second-order valence-electron chi connectivity index (χ2n) is 3.93. The van der Waals surface area contributed by atoms with Gasteiger partial charge >= 0.3 is 5.97 Å². The number of ether oxygens (including phenoxy) is 1. The van der Waals surface area contributed by atoms with Crippen LogP contribution in [0.2, 0.25) is 0 Å². The smallest absolute Gasteiger partial charge is 0.356 e. The molecule has 0 unspecified atom stereocenters. The summed E-state index contributed by atoms with van der Waals surface area (Å²) in [6.07, 6.45) is 1.63. The fraction of sp³-hybridized carbons (Fsp3) is 0.214. The number of aromatic nitrogens is 1. The zero-order chi connectivity index (χ0) is 13.7. The molecule has 0 radical (unpaired) electrons. The van der Waals surface area contributed by atoms with E-state index in [1.54, 1.807) is 37.4 Å². The molecular weight excluding hydrogens is 247 g/mol. The molecule has 4 nitrogen and oxygen atoms in total. The first-order valence-corrected chi connectivity index (χ1v) is 6.04. The molecule has 1 heterocycles. The molecule has 0 spiro atoms. The first-order valence-electron chi connectivity index (χ1n) is 6.04. The third-order valence-corrected chi connectivity index (χ3v) is 2.65. The van der Waals surface area contributed by atoms with Crippen molar-refractivity contribution in [3.63, 3.8) is 0 Å². The number of carbonyl (C=O) groups excluding carboxylic acids is 1. The van der Waals surface area contributed by atoms with Gasteiger partial charge in [-0.2, -0.15) is 0 Å². The van der Waals surface area contributed by atoms with E-state index in [0.29, 0.717) is 30.1 Å². The highest BCUT2D eigenvalue weighted by Gasteiger charge is 2.13. The minimum Gasteiger partial charge on any atom is -0.461 e. The molecular formula is C14H15FN2O2. The first kappa shape index (κ1) is 13.1. The summed E-state index contributed by atoms with van der Waals surface area (Å²) in [4.78, 5) is 14.4. The van der Waals surface area contributed by atoms with Gasteiger partial charge in [0.2, 0.25) is 0 Å². The highest BCUT2D eigenvalue weighted by atomic mass is 19.1. The standard InChI is InChI=1S/C14H15FN2O2/c1-2-19-14(18)13-12(7-8-16-13)17-9-10-5-3-4-6-11(10)15/h3-8,16-17H,2,9H2,1H3. The summed E-state index contributed by atoms with van der Waals surface area (Å²) in [6.45, 7) is 2.36. The molecule has 0 saturated carbocycles. The van der Waals surface area contributed by atoms with Crippen molar-refractivity contribution in [1.29, 1.82) is 0 Å². The Morgan fingerprint density at radius 2 is 2.16 bits per heavy atom. The summed E-state index contributed by atoms with van der Waals surface area (Å²) in [5.41, 5.74) is 1.48. The third kappa shape index (κ3) is 3.13. The van der Waals surface area contributed by atoms with Crippen LogP contribution in [0.25, 0.3) is 0 Å². The number of hydrogen-bond acceptors (Lipinski definition) is 3. The molecule has 100 valence electrons. The summed E-state index contributed by atoms with van der Waals surface area (Å²) in [7, 11) is 0. The van der Waals surface area contributed by atoms with Crippen LogP contribution in [0.1, 0.15) is 23.0 Å². The van der Waals surface area contributed by atoms with Gasteiger partial charge in [0.05, 0.1) is 12.3 Å². The summed E-state index contributed by atoms with van der Waals surface area (Å²) in [5.74, 6) is -0.702. The van der Waals surface area contributed by atoms with Gasteiger partial charge in [-0.1, -0.05) is 18.2 Å². The molecule has 0 bridgehead atoms. The summed E-state index contributed by atoms with van der Waals surface area (Å²) < 4.78 is 18.4. The van der Waals surface area contributed by atoms with Crippen LogP contribution in [0, 0.1) is 5.82 Å². The molecule has 1 aromatic heterocycles. The maximum Gasteiger partial charge on any atom is 0.356 e. The van der Waals surface area contributed by atoms with E-state index in [4.69, 9.17) is 4.74 Å². The molecule has 1 aromatic carbocycles. The Labute approximate surface area is 110 Å². The Bertz CT molecular complexity index is 566. The minimum atomic E-state index is -0.427. The van der Waals surface area contributed by atoms with Crippen LogP contribution in [0.5, 0.6) is 0 Å². The van der Waals surface area contributed by atoms with E-state index in [1.165, 1.54) is 6.07 Å². The van der Waals surface area contributed by atoms with E-state index >= 15 is 0 Å². The third-order valence-electron chi connectivity index (χ3n) is 2.65. The lowest BCUT2D eigenvalue weighted by molar-refractivity contribution is 0.0521. The van der Waals surface area contributed by atoms with Gasteiger partial charge in [0.25, 0.3) is 0 Å². The second-order valence-corrected chi connectivity index (χ2v) is 3.93. The van der Waals surface area contributed by atoms with Crippen LogP contribution in [-0.2, 0) is 11.3 Å². The lowest BCUT2D eigenvalue weighted by Crippen LogP contribution is -2.09.